The third-order valence-corrected chi connectivity index (χ3v) is 1.51. The minimum Gasteiger partial charge on any atom is -0.344 e. The predicted molar refractivity (Wildman–Crippen MR) is 46.5 cm³/mol. The summed E-state index contributed by atoms with van der Waals surface area (Å²) in [5.74, 6) is 0. The van der Waals surface area contributed by atoms with Crippen molar-refractivity contribution in [3.8, 4) is 0 Å². The Bertz CT molecular complexity index is 186. The first-order valence-corrected chi connectivity index (χ1v) is 3.51. The third-order valence-electron chi connectivity index (χ3n) is 1.51. The molecule has 0 aliphatic carbocycles. The molecule has 0 aliphatic heterocycles. The van der Waals surface area contributed by atoms with Gasteiger partial charge >= 0.3 is 0 Å². The van der Waals surface area contributed by atoms with Gasteiger partial charge < -0.3 is 11.9 Å². The number of hydrogen-bond acceptors (Lipinski definition) is 3. The van der Waals surface area contributed by atoms with Gasteiger partial charge in [-0.2, -0.15) is 0 Å². The molecule has 5 N–H and O–H groups in total. The summed E-state index contributed by atoms with van der Waals surface area (Å²) in [5.41, 5.74) is 6.71. The Balaban J connectivity index is 0.000001000. The minimum absolute atomic E-state index is 0. The van der Waals surface area contributed by atoms with Crippen LogP contribution in [-0.2, 0) is 0 Å². The predicted octanol–water partition coefficient (Wildman–Crippen LogP) is 1.65. The maximum Gasteiger partial charge on any atom is 0.0570 e. The molecule has 0 aliphatic rings. The highest BCUT2D eigenvalue weighted by Crippen LogP contribution is 2.08. The van der Waals surface area contributed by atoms with Crippen molar-refractivity contribution in [1.82, 2.24) is 11.1 Å². The molecular formula is C8H15N3. The molecule has 1 aromatic rings. The van der Waals surface area contributed by atoms with E-state index in [9.17, 15) is 0 Å². The fourth-order valence-electron chi connectivity index (χ4n) is 0.804. The Kier molecular flexibility index (Phi) is 4.41. The van der Waals surface area contributed by atoms with E-state index in [1.807, 2.05) is 18.2 Å². The van der Waals surface area contributed by atoms with Crippen molar-refractivity contribution in [2.24, 2.45) is 5.73 Å². The molecule has 1 heterocycles. The van der Waals surface area contributed by atoms with Crippen molar-refractivity contribution in [2.75, 3.05) is 0 Å². The molecule has 0 saturated carbocycles. The fourth-order valence-corrected chi connectivity index (χ4v) is 0.804. The molecule has 3 nitrogen and oxygen atoms in total. The van der Waals surface area contributed by atoms with Crippen LogP contribution in [0.25, 0.3) is 0 Å². The highest BCUT2D eigenvalue weighted by atomic mass is 14.8. The first kappa shape index (κ1) is 10.1. The van der Waals surface area contributed by atoms with Gasteiger partial charge in [0.2, 0.25) is 0 Å². The van der Waals surface area contributed by atoms with E-state index in [0.29, 0.717) is 0 Å². The Labute approximate surface area is 67.2 Å². The van der Waals surface area contributed by atoms with Gasteiger partial charge in [-0.15, -0.1) is 0 Å². The summed E-state index contributed by atoms with van der Waals surface area (Å²) in [5, 5.41) is 0. The van der Waals surface area contributed by atoms with Gasteiger partial charge in [0.25, 0.3) is 0 Å². The van der Waals surface area contributed by atoms with Gasteiger partial charge in [0.1, 0.15) is 0 Å². The van der Waals surface area contributed by atoms with Crippen molar-refractivity contribution in [3.05, 3.63) is 30.1 Å². The van der Waals surface area contributed by atoms with Crippen LogP contribution in [0.2, 0.25) is 0 Å². The lowest BCUT2D eigenvalue weighted by Crippen LogP contribution is -2.09. The lowest BCUT2D eigenvalue weighted by atomic mass is 10.1. The van der Waals surface area contributed by atoms with E-state index < -0.39 is 0 Å². The lowest BCUT2D eigenvalue weighted by Gasteiger charge is -2.05. The first-order valence-electron chi connectivity index (χ1n) is 3.51. The second-order valence-corrected chi connectivity index (χ2v) is 2.27. The maximum atomic E-state index is 5.73. The Morgan fingerprint density at radius 3 is 2.73 bits per heavy atom. The van der Waals surface area contributed by atoms with Gasteiger partial charge in [-0.3, -0.25) is 4.98 Å². The van der Waals surface area contributed by atoms with E-state index in [1.54, 1.807) is 6.20 Å². The van der Waals surface area contributed by atoms with Gasteiger partial charge in [0.05, 0.1) is 5.69 Å². The van der Waals surface area contributed by atoms with Crippen LogP contribution in [0.15, 0.2) is 24.4 Å². The van der Waals surface area contributed by atoms with Crippen LogP contribution in [0.1, 0.15) is 25.1 Å². The molecule has 0 spiro atoms. The van der Waals surface area contributed by atoms with Gasteiger partial charge in [-0.1, -0.05) is 13.0 Å². The molecule has 1 atom stereocenters. The lowest BCUT2D eigenvalue weighted by molar-refractivity contribution is 0.675. The molecule has 1 rings (SSSR count). The molecule has 1 unspecified atom stereocenters. The van der Waals surface area contributed by atoms with Crippen LogP contribution in [0.5, 0.6) is 0 Å². The average molecular weight is 153 g/mol. The normalized spacial score (nSPS) is 11.8. The summed E-state index contributed by atoms with van der Waals surface area (Å²) < 4.78 is 0. The van der Waals surface area contributed by atoms with E-state index in [4.69, 9.17) is 5.73 Å². The monoisotopic (exact) mass is 153 g/mol. The van der Waals surface area contributed by atoms with E-state index in [1.165, 1.54) is 0 Å². The maximum absolute atomic E-state index is 5.73. The zero-order chi connectivity index (χ0) is 7.40. The van der Waals surface area contributed by atoms with Crippen molar-refractivity contribution in [2.45, 2.75) is 19.4 Å². The summed E-state index contributed by atoms with van der Waals surface area (Å²) in [6, 6.07) is 5.90. The molecule has 11 heavy (non-hydrogen) atoms. The largest absolute Gasteiger partial charge is 0.344 e. The molecule has 0 aromatic carbocycles. The number of rotatable bonds is 2. The topological polar surface area (TPSA) is 73.9 Å². The molecule has 0 bridgehead atoms. The number of nitrogens with two attached hydrogens (primary N) is 1. The molecular weight excluding hydrogens is 138 g/mol. The van der Waals surface area contributed by atoms with Gasteiger partial charge in [-0.25, -0.2) is 0 Å². The molecule has 1 aromatic heterocycles. The second-order valence-electron chi connectivity index (χ2n) is 2.27. The zero-order valence-electron chi connectivity index (χ0n) is 6.83. The number of pyridine rings is 1. The molecule has 0 fully saturated rings. The summed E-state index contributed by atoms with van der Waals surface area (Å²) in [6.07, 6.45) is 2.71. The van der Waals surface area contributed by atoms with Crippen molar-refractivity contribution in [1.29, 1.82) is 0 Å². The number of aromatic nitrogens is 1. The highest BCUT2D eigenvalue weighted by molar-refractivity contribution is 5.07. The molecule has 0 amide bonds. The quantitative estimate of drug-likeness (QED) is 0.678. The Hall–Kier alpha value is -0.930. The van der Waals surface area contributed by atoms with Gasteiger partial charge in [-0.05, 0) is 18.6 Å². The van der Waals surface area contributed by atoms with Crippen LogP contribution in [0.4, 0.5) is 0 Å². The van der Waals surface area contributed by atoms with Crippen LogP contribution < -0.4 is 11.9 Å². The van der Waals surface area contributed by atoms with Gasteiger partial charge in [0.15, 0.2) is 0 Å². The first-order chi connectivity index (χ1) is 4.84. The third kappa shape index (κ3) is 2.65. The van der Waals surface area contributed by atoms with Crippen LogP contribution >= 0.6 is 0 Å². The zero-order valence-corrected chi connectivity index (χ0v) is 6.83. The van der Waals surface area contributed by atoms with E-state index in [-0.39, 0.29) is 12.2 Å². The number of nitrogens with zero attached hydrogens (tertiary/aromatic N) is 1. The van der Waals surface area contributed by atoms with Crippen LogP contribution in [0, 0.1) is 0 Å². The summed E-state index contributed by atoms with van der Waals surface area (Å²) in [6.45, 7) is 2.05. The number of hydrogen-bond donors (Lipinski definition) is 2. The summed E-state index contributed by atoms with van der Waals surface area (Å²) in [7, 11) is 0. The van der Waals surface area contributed by atoms with Crippen molar-refractivity contribution < 1.29 is 0 Å². The smallest absolute Gasteiger partial charge is 0.0570 e. The molecule has 0 radical (unpaired) electrons. The highest BCUT2D eigenvalue weighted by Gasteiger charge is 2.01. The summed E-state index contributed by atoms with van der Waals surface area (Å²) >= 11 is 0. The molecule has 3 heteroatoms. The summed E-state index contributed by atoms with van der Waals surface area (Å²) in [4.78, 5) is 4.12. The van der Waals surface area contributed by atoms with E-state index in [0.717, 1.165) is 12.1 Å². The van der Waals surface area contributed by atoms with Crippen LogP contribution in [0.3, 0.4) is 0 Å². The second kappa shape index (κ2) is 4.82. The van der Waals surface area contributed by atoms with Crippen molar-refractivity contribution >= 4 is 0 Å². The van der Waals surface area contributed by atoms with E-state index in [2.05, 4.69) is 11.9 Å². The fraction of sp³-hybridized carbons (Fsp3) is 0.375. The molecule has 0 saturated heterocycles. The molecule has 62 valence electrons. The minimum atomic E-state index is 0. The average Bonchev–Trinajstić information content (AvgIpc) is 2.05. The van der Waals surface area contributed by atoms with Gasteiger partial charge in [0, 0.05) is 12.2 Å². The SMILES string of the molecule is CCC(N)c1ccccn1.N. The Morgan fingerprint density at radius 1 is 1.55 bits per heavy atom. The Morgan fingerprint density at radius 2 is 2.27 bits per heavy atom. The van der Waals surface area contributed by atoms with Crippen molar-refractivity contribution in [3.63, 3.8) is 0 Å². The van der Waals surface area contributed by atoms with E-state index >= 15 is 0 Å². The van der Waals surface area contributed by atoms with Crippen LogP contribution in [-0.4, -0.2) is 4.98 Å². The standard InChI is InChI=1S/C8H12N2.H3N/c1-2-7(9)8-5-3-4-6-10-8;/h3-7H,2,9H2,1H3;1H3.